The minimum absolute atomic E-state index is 0.114. The predicted octanol–water partition coefficient (Wildman–Crippen LogP) is 4.22. The van der Waals surface area contributed by atoms with Crippen molar-refractivity contribution in [3.8, 4) is 11.3 Å². The third-order valence-electron chi connectivity index (χ3n) is 7.16. The zero-order valence-corrected chi connectivity index (χ0v) is 17.4. The number of hydrogen-bond acceptors (Lipinski definition) is 4. The first-order valence-corrected chi connectivity index (χ1v) is 10.7. The van der Waals surface area contributed by atoms with Crippen LogP contribution < -0.4 is 4.90 Å². The highest BCUT2D eigenvalue weighted by Gasteiger charge is 2.59. The molecule has 0 radical (unpaired) electrons. The molecule has 1 saturated carbocycles. The minimum Gasteiger partial charge on any atom is -0.478 e. The number of aromatic nitrogens is 1. The van der Waals surface area contributed by atoms with E-state index in [0.717, 1.165) is 17.5 Å². The molecule has 4 atom stereocenters. The summed E-state index contributed by atoms with van der Waals surface area (Å²) < 4.78 is 0. The number of amides is 2. The maximum Gasteiger partial charge on any atom is 0.336 e. The second-order valence-corrected chi connectivity index (χ2v) is 8.89. The van der Waals surface area contributed by atoms with Gasteiger partial charge in [0.25, 0.3) is 0 Å². The lowest BCUT2D eigenvalue weighted by Gasteiger charge is -2.17. The van der Waals surface area contributed by atoms with Gasteiger partial charge in [-0.3, -0.25) is 14.5 Å². The van der Waals surface area contributed by atoms with E-state index < -0.39 is 5.97 Å². The quantitative estimate of drug-likeness (QED) is 0.502. The Hall–Kier alpha value is -3.80. The van der Waals surface area contributed by atoms with Crippen molar-refractivity contribution < 1.29 is 19.5 Å². The van der Waals surface area contributed by atoms with Gasteiger partial charge in [-0.2, -0.15) is 0 Å². The maximum absolute atomic E-state index is 13.0. The Morgan fingerprint density at radius 3 is 2.28 bits per heavy atom. The van der Waals surface area contributed by atoms with Crippen LogP contribution in [0.5, 0.6) is 0 Å². The highest BCUT2D eigenvalue weighted by atomic mass is 16.4. The van der Waals surface area contributed by atoms with Crippen LogP contribution in [-0.2, 0) is 9.59 Å². The van der Waals surface area contributed by atoms with E-state index in [2.05, 4.69) is 12.2 Å². The number of allylic oxidation sites excluding steroid dienone is 2. The summed E-state index contributed by atoms with van der Waals surface area (Å²) in [5.41, 5.74) is 3.54. The molecule has 2 aromatic carbocycles. The summed E-state index contributed by atoms with van der Waals surface area (Å²) in [6, 6.07) is 14.1. The van der Waals surface area contributed by atoms with E-state index >= 15 is 0 Å². The van der Waals surface area contributed by atoms with Crippen molar-refractivity contribution in [1.29, 1.82) is 0 Å². The van der Waals surface area contributed by atoms with E-state index in [0.29, 0.717) is 22.3 Å². The molecule has 3 aromatic rings. The average Bonchev–Trinajstić information content (AvgIpc) is 3.47. The molecule has 1 saturated heterocycles. The van der Waals surface area contributed by atoms with Crippen LogP contribution in [0.15, 0.2) is 60.7 Å². The number of pyridine rings is 1. The van der Waals surface area contributed by atoms with E-state index in [4.69, 9.17) is 4.98 Å². The van der Waals surface area contributed by atoms with Crippen LogP contribution in [0.1, 0.15) is 22.3 Å². The molecule has 6 heteroatoms. The molecule has 2 heterocycles. The van der Waals surface area contributed by atoms with Crippen LogP contribution >= 0.6 is 0 Å². The van der Waals surface area contributed by atoms with Crippen LogP contribution in [0, 0.1) is 30.6 Å². The summed E-state index contributed by atoms with van der Waals surface area (Å²) in [5, 5.41) is 10.3. The van der Waals surface area contributed by atoms with Gasteiger partial charge in [0.15, 0.2) is 0 Å². The molecule has 1 N–H and O–H groups in total. The summed E-state index contributed by atoms with van der Waals surface area (Å²) in [6.07, 6.45) is 5.06. The van der Waals surface area contributed by atoms with Gasteiger partial charge in [-0.15, -0.1) is 0 Å². The first-order chi connectivity index (χ1) is 15.4. The first kappa shape index (κ1) is 18.9. The third kappa shape index (κ3) is 2.52. The third-order valence-corrected chi connectivity index (χ3v) is 7.16. The summed E-state index contributed by atoms with van der Waals surface area (Å²) in [4.78, 5) is 44.0. The van der Waals surface area contributed by atoms with Crippen LogP contribution in [0.25, 0.3) is 22.2 Å². The van der Waals surface area contributed by atoms with Crippen molar-refractivity contribution in [2.75, 3.05) is 4.90 Å². The Morgan fingerprint density at radius 1 is 1.00 bits per heavy atom. The van der Waals surface area contributed by atoms with E-state index in [1.807, 2.05) is 19.1 Å². The minimum atomic E-state index is -1.01. The standard InChI is InChI=1S/C26H20N2O4/c1-13-3-2-4-18-19(26(31)32)12-20(27-23(13)18)14-7-9-17(10-8-14)28-24(29)21-15-5-6-16(11-15)22(21)25(28)30/h2-10,12,15-16,21-22H,11H2,1H3,(H,31,32). The number of imide groups is 1. The monoisotopic (exact) mass is 424 g/mol. The summed E-state index contributed by atoms with van der Waals surface area (Å²) >= 11 is 0. The second-order valence-electron chi connectivity index (χ2n) is 8.89. The number of carbonyl (C=O) groups is 3. The molecule has 1 aromatic heterocycles. The summed E-state index contributed by atoms with van der Waals surface area (Å²) in [6.45, 7) is 1.90. The number of hydrogen-bond donors (Lipinski definition) is 1. The number of carboxylic acid groups (broad SMARTS) is 1. The molecular weight excluding hydrogens is 404 g/mol. The zero-order chi connectivity index (χ0) is 22.1. The fourth-order valence-corrected chi connectivity index (χ4v) is 5.65. The van der Waals surface area contributed by atoms with Gasteiger partial charge in [0.2, 0.25) is 11.8 Å². The molecule has 1 aliphatic heterocycles. The van der Waals surface area contributed by atoms with Gasteiger partial charge in [0, 0.05) is 10.9 Å². The largest absolute Gasteiger partial charge is 0.478 e. The highest BCUT2D eigenvalue weighted by molar-refractivity contribution is 6.22. The van der Waals surface area contributed by atoms with Crippen molar-refractivity contribution in [3.63, 3.8) is 0 Å². The number of fused-ring (bicyclic) bond motifs is 6. The number of nitrogens with zero attached hydrogens (tertiary/aromatic N) is 2. The van der Waals surface area contributed by atoms with Crippen LogP contribution in [0.4, 0.5) is 5.69 Å². The van der Waals surface area contributed by atoms with Crippen molar-refractivity contribution >= 4 is 34.4 Å². The fraction of sp³-hybridized carbons (Fsp3) is 0.231. The Bertz CT molecular complexity index is 1330. The van der Waals surface area contributed by atoms with E-state index in [9.17, 15) is 19.5 Å². The van der Waals surface area contributed by atoms with Crippen molar-refractivity contribution in [2.24, 2.45) is 23.7 Å². The summed E-state index contributed by atoms with van der Waals surface area (Å²) in [7, 11) is 0. The lowest BCUT2D eigenvalue weighted by molar-refractivity contribution is -0.123. The Labute approximate surface area is 184 Å². The molecule has 6 nitrogen and oxygen atoms in total. The van der Waals surface area contributed by atoms with Crippen molar-refractivity contribution in [2.45, 2.75) is 13.3 Å². The van der Waals surface area contributed by atoms with E-state index in [1.54, 1.807) is 36.4 Å². The van der Waals surface area contributed by atoms with E-state index in [1.165, 1.54) is 4.90 Å². The normalized spacial score (nSPS) is 25.7. The van der Waals surface area contributed by atoms with Crippen LogP contribution in [0.3, 0.4) is 0 Å². The van der Waals surface area contributed by atoms with Gasteiger partial charge in [-0.1, -0.05) is 42.5 Å². The molecule has 158 valence electrons. The van der Waals surface area contributed by atoms with Crippen LogP contribution in [-0.4, -0.2) is 27.9 Å². The molecule has 2 aliphatic carbocycles. The maximum atomic E-state index is 13.0. The zero-order valence-electron chi connectivity index (χ0n) is 17.4. The number of benzene rings is 2. The number of para-hydroxylation sites is 1. The number of carboxylic acids is 1. The van der Waals surface area contributed by atoms with Gasteiger partial charge >= 0.3 is 5.97 Å². The molecule has 6 rings (SSSR count). The molecule has 2 amide bonds. The number of anilines is 1. The molecule has 2 fully saturated rings. The summed E-state index contributed by atoms with van der Waals surface area (Å²) in [5.74, 6) is -1.37. The number of aryl methyl sites for hydroxylation is 1. The molecule has 4 unspecified atom stereocenters. The first-order valence-electron chi connectivity index (χ1n) is 10.7. The smallest absolute Gasteiger partial charge is 0.336 e. The van der Waals surface area contributed by atoms with Gasteiger partial charge < -0.3 is 5.11 Å². The molecule has 3 aliphatic rings. The number of rotatable bonds is 3. The highest BCUT2D eigenvalue weighted by Crippen LogP contribution is 2.53. The van der Waals surface area contributed by atoms with Gasteiger partial charge in [0.1, 0.15) is 0 Å². The lowest BCUT2D eigenvalue weighted by Crippen LogP contribution is -2.32. The van der Waals surface area contributed by atoms with Gasteiger partial charge in [-0.05, 0) is 48.9 Å². The molecule has 2 bridgehead atoms. The topological polar surface area (TPSA) is 87.6 Å². The average molecular weight is 424 g/mol. The Kier molecular flexibility index (Phi) is 3.90. The van der Waals surface area contributed by atoms with E-state index in [-0.39, 0.29) is 41.0 Å². The Balaban J connectivity index is 1.38. The number of aromatic carboxylic acids is 1. The Morgan fingerprint density at radius 2 is 1.66 bits per heavy atom. The molecule has 0 spiro atoms. The predicted molar refractivity (Wildman–Crippen MR) is 119 cm³/mol. The van der Waals surface area contributed by atoms with Crippen molar-refractivity contribution in [3.05, 3.63) is 71.8 Å². The fourth-order valence-electron chi connectivity index (χ4n) is 5.65. The molecular formula is C26H20N2O4. The lowest BCUT2D eigenvalue weighted by atomic mass is 9.85. The molecule has 32 heavy (non-hydrogen) atoms. The van der Waals surface area contributed by atoms with Gasteiger partial charge in [-0.25, -0.2) is 9.78 Å². The second kappa shape index (κ2) is 6.60. The SMILES string of the molecule is Cc1cccc2c(C(=O)O)cc(-c3ccc(N4C(=O)C5C6C=CC(C6)C5C4=O)cc3)nc12. The van der Waals surface area contributed by atoms with Crippen LogP contribution in [0.2, 0.25) is 0 Å². The number of carbonyl (C=O) groups excluding carboxylic acids is 2. The van der Waals surface area contributed by atoms with Gasteiger partial charge in [0.05, 0.1) is 34.3 Å². The van der Waals surface area contributed by atoms with Crippen molar-refractivity contribution in [1.82, 2.24) is 4.98 Å².